The van der Waals surface area contributed by atoms with Crippen molar-refractivity contribution in [2.45, 2.75) is 18.1 Å². The number of nitrogens with zero attached hydrogens (tertiary/aromatic N) is 3. The summed E-state index contributed by atoms with van der Waals surface area (Å²) in [5.74, 6) is 0.533. The summed E-state index contributed by atoms with van der Waals surface area (Å²) in [6, 6.07) is 19.1. The molecule has 0 aliphatic rings. The third-order valence-corrected chi connectivity index (χ3v) is 5.62. The van der Waals surface area contributed by atoms with Gasteiger partial charge >= 0.3 is 0 Å². The van der Waals surface area contributed by atoms with Gasteiger partial charge in [0.1, 0.15) is 5.76 Å². The lowest BCUT2D eigenvalue weighted by Crippen LogP contribution is -2.28. The molecule has 2 aromatic carbocycles. The van der Waals surface area contributed by atoms with Crippen molar-refractivity contribution >= 4 is 28.6 Å². The van der Waals surface area contributed by atoms with E-state index in [1.807, 2.05) is 13.0 Å². The molecule has 0 aliphatic carbocycles. The number of nitriles is 1. The number of furan rings is 1. The molecule has 0 saturated heterocycles. The molecule has 0 fully saturated rings. The fourth-order valence-corrected chi connectivity index (χ4v) is 3.97. The lowest BCUT2D eigenvalue weighted by molar-refractivity contribution is -0.119. The number of rotatable bonds is 6. The van der Waals surface area contributed by atoms with Gasteiger partial charge < -0.3 is 9.73 Å². The summed E-state index contributed by atoms with van der Waals surface area (Å²) in [7, 11) is 0. The van der Waals surface area contributed by atoms with Gasteiger partial charge in [-0.3, -0.25) is 14.2 Å². The van der Waals surface area contributed by atoms with Crippen LogP contribution in [-0.2, 0) is 4.79 Å². The van der Waals surface area contributed by atoms with Crippen LogP contribution in [0.15, 0.2) is 81.3 Å². The monoisotopic (exact) mass is 430 g/mol. The smallest absolute Gasteiger partial charge is 0.266 e. The molecule has 2 aromatic heterocycles. The van der Waals surface area contributed by atoms with E-state index in [0.717, 1.165) is 0 Å². The molecule has 31 heavy (non-hydrogen) atoms. The van der Waals surface area contributed by atoms with Crippen molar-refractivity contribution in [3.8, 4) is 11.8 Å². The van der Waals surface area contributed by atoms with E-state index in [1.165, 1.54) is 16.3 Å². The van der Waals surface area contributed by atoms with Crippen molar-refractivity contribution in [3.63, 3.8) is 0 Å². The van der Waals surface area contributed by atoms with E-state index in [1.54, 1.807) is 60.9 Å². The van der Waals surface area contributed by atoms with Crippen LogP contribution >= 0.6 is 11.8 Å². The van der Waals surface area contributed by atoms with Gasteiger partial charge in [-0.2, -0.15) is 5.26 Å². The molecule has 154 valence electrons. The summed E-state index contributed by atoms with van der Waals surface area (Å²) in [5, 5.41) is 12.8. The molecule has 1 amide bonds. The highest BCUT2D eigenvalue weighted by Gasteiger charge is 2.16. The average molecular weight is 430 g/mol. The molecule has 0 saturated carbocycles. The summed E-state index contributed by atoms with van der Waals surface area (Å²) in [6.45, 7) is 1.84. The van der Waals surface area contributed by atoms with Crippen LogP contribution in [0.25, 0.3) is 16.6 Å². The Kier molecular flexibility index (Phi) is 5.87. The van der Waals surface area contributed by atoms with Crippen molar-refractivity contribution in [3.05, 3.63) is 88.6 Å². The summed E-state index contributed by atoms with van der Waals surface area (Å²) in [4.78, 5) is 30.3. The molecular formula is C23H18N4O3S. The summed E-state index contributed by atoms with van der Waals surface area (Å²) < 4.78 is 6.79. The van der Waals surface area contributed by atoms with E-state index < -0.39 is 0 Å². The minimum atomic E-state index is -0.270. The zero-order valence-electron chi connectivity index (χ0n) is 16.6. The van der Waals surface area contributed by atoms with Gasteiger partial charge in [0.25, 0.3) is 5.56 Å². The van der Waals surface area contributed by atoms with Crippen LogP contribution < -0.4 is 10.9 Å². The van der Waals surface area contributed by atoms with Crippen molar-refractivity contribution in [2.24, 2.45) is 0 Å². The largest absolute Gasteiger partial charge is 0.467 e. The maximum atomic E-state index is 13.2. The predicted octanol–water partition coefficient (Wildman–Crippen LogP) is 3.82. The van der Waals surface area contributed by atoms with Crippen LogP contribution in [0.2, 0.25) is 0 Å². The first-order chi connectivity index (χ1) is 15.1. The molecule has 7 nitrogen and oxygen atoms in total. The van der Waals surface area contributed by atoms with E-state index >= 15 is 0 Å². The molecule has 8 heteroatoms. The van der Waals surface area contributed by atoms with E-state index in [9.17, 15) is 9.59 Å². The molecule has 1 atom stereocenters. The number of hydrogen-bond donors (Lipinski definition) is 1. The van der Waals surface area contributed by atoms with Crippen molar-refractivity contribution in [1.29, 1.82) is 5.26 Å². The molecule has 0 spiro atoms. The topological polar surface area (TPSA) is 101 Å². The Morgan fingerprint density at radius 3 is 2.68 bits per heavy atom. The van der Waals surface area contributed by atoms with Gasteiger partial charge in [-0.25, -0.2) is 4.98 Å². The Morgan fingerprint density at radius 1 is 1.19 bits per heavy atom. The quantitative estimate of drug-likeness (QED) is 0.369. The molecule has 1 unspecified atom stereocenters. The van der Waals surface area contributed by atoms with E-state index in [-0.39, 0.29) is 23.3 Å². The van der Waals surface area contributed by atoms with Crippen LogP contribution in [0.5, 0.6) is 0 Å². The van der Waals surface area contributed by atoms with Gasteiger partial charge in [-0.1, -0.05) is 23.9 Å². The first kappa shape index (κ1) is 20.4. The second-order valence-electron chi connectivity index (χ2n) is 6.80. The van der Waals surface area contributed by atoms with Gasteiger partial charge in [0, 0.05) is 0 Å². The third-order valence-electron chi connectivity index (χ3n) is 4.68. The second-order valence-corrected chi connectivity index (χ2v) is 7.75. The Bertz CT molecular complexity index is 1320. The van der Waals surface area contributed by atoms with Crippen molar-refractivity contribution in [1.82, 2.24) is 14.9 Å². The Hall–Kier alpha value is -3.83. The van der Waals surface area contributed by atoms with Crippen LogP contribution in [0.4, 0.5) is 0 Å². The van der Waals surface area contributed by atoms with E-state index in [0.29, 0.717) is 33.1 Å². The van der Waals surface area contributed by atoms with Crippen LogP contribution in [0, 0.1) is 11.3 Å². The lowest BCUT2D eigenvalue weighted by atomic mass is 10.2. The number of fused-ring (bicyclic) bond motifs is 1. The summed E-state index contributed by atoms with van der Waals surface area (Å²) >= 11 is 1.17. The van der Waals surface area contributed by atoms with Crippen LogP contribution in [0.3, 0.4) is 0 Å². The fraction of sp³-hybridized carbons (Fsp3) is 0.130. The number of benzene rings is 2. The Balaban J connectivity index is 1.65. The SMILES string of the molecule is CC(NC(=O)CSc1nc2ccccc2c(=O)n1-c1ccc(C#N)cc1)c1ccco1. The number of aromatic nitrogens is 2. The standard InChI is InChI=1S/C23H18N4O3S/c1-15(20-7-4-12-30-20)25-21(28)14-31-23-26-19-6-3-2-5-18(19)22(29)27(23)17-10-8-16(13-24)9-11-17/h2-12,15H,14H2,1H3,(H,25,28). The minimum Gasteiger partial charge on any atom is -0.467 e. The van der Waals surface area contributed by atoms with Gasteiger partial charge in [0.05, 0.1) is 46.3 Å². The Labute approximate surface area is 182 Å². The van der Waals surface area contributed by atoms with Gasteiger partial charge in [-0.15, -0.1) is 0 Å². The zero-order chi connectivity index (χ0) is 21.8. The highest BCUT2D eigenvalue weighted by molar-refractivity contribution is 7.99. The molecule has 1 N–H and O–H groups in total. The number of nitrogens with one attached hydrogen (secondary N) is 1. The molecule has 0 aliphatic heterocycles. The zero-order valence-corrected chi connectivity index (χ0v) is 17.4. The molecule has 0 bridgehead atoms. The van der Waals surface area contributed by atoms with Gasteiger partial charge in [0.15, 0.2) is 5.16 Å². The number of thioether (sulfide) groups is 1. The van der Waals surface area contributed by atoms with Crippen molar-refractivity contribution < 1.29 is 9.21 Å². The highest BCUT2D eigenvalue weighted by atomic mass is 32.2. The lowest BCUT2D eigenvalue weighted by Gasteiger charge is -2.14. The van der Waals surface area contributed by atoms with E-state index in [2.05, 4.69) is 16.4 Å². The normalized spacial score (nSPS) is 11.7. The van der Waals surface area contributed by atoms with Crippen molar-refractivity contribution in [2.75, 3.05) is 5.75 Å². The number of carbonyl (C=O) groups is 1. The second kappa shape index (κ2) is 8.90. The minimum absolute atomic E-state index is 0.0755. The number of hydrogen-bond acceptors (Lipinski definition) is 6. The van der Waals surface area contributed by atoms with Crippen LogP contribution in [-0.4, -0.2) is 21.2 Å². The molecule has 2 heterocycles. The van der Waals surface area contributed by atoms with Crippen LogP contribution in [0.1, 0.15) is 24.3 Å². The summed E-state index contributed by atoms with van der Waals surface area (Å²) in [5.41, 5.74) is 1.39. The third kappa shape index (κ3) is 4.37. The first-order valence-corrected chi connectivity index (χ1v) is 10.5. The Morgan fingerprint density at radius 2 is 1.97 bits per heavy atom. The fourth-order valence-electron chi connectivity index (χ4n) is 3.14. The molecule has 4 rings (SSSR count). The summed E-state index contributed by atoms with van der Waals surface area (Å²) in [6.07, 6.45) is 1.56. The molecule has 0 radical (unpaired) electrons. The average Bonchev–Trinajstić information content (AvgIpc) is 3.33. The maximum Gasteiger partial charge on any atom is 0.266 e. The first-order valence-electron chi connectivity index (χ1n) is 9.54. The van der Waals surface area contributed by atoms with Gasteiger partial charge in [0.2, 0.25) is 5.91 Å². The number of carbonyl (C=O) groups excluding carboxylic acids is 1. The predicted molar refractivity (Wildman–Crippen MR) is 118 cm³/mol. The van der Waals surface area contributed by atoms with E-state index in [4.69, 9.17) is 9.68 Å². The number of para-hydroxylation sites is 1. The maximum absolute atomic E-state index is 13.2. The highest BCUT2D eigenvalue weighted by Crippen LogP contribution is 2.22. The van der Waals surface area contributed by atoms with Gasteiger partial charge in [-0.05, 0) is 55.5 Å². The molecule has 4 aromatic rings. The number of amides is 1. The molecular weight excluding hydrogens is 412 g/mol.